The lowest BCUT2D eigenvalue weighted by molar-refractivity contribution is -0.148. The summed E-state index contributed by atoms with van der Waals surface area (Å²) >= 11 is 0. The van der Waals surface area contributed by atoms with E-state index in [1.54, 1.807) is 27.9 Å². The summed E-state index contributed by atoms with van der Waals surface area (Å²) in [6, 6.07) is 14.8. The van der Waals surface area contributed by atoms with E-state index in [9.17, 15) is 14.0 Å². The van der Waals surface area contributed by atoms with Crippen LogP contribution >= 0.6 is 0 Å². The third kappa shape index (κ3) is 4.85. The summed E-state index contributed by atoms with van der Waals surface area (Å²) < 4.78 is 20.8. The Morgan fingerprint density at radius 2 is 1.97 bits per heavy atom. The summed E-state index contributed by atoms with van der Waals surface area (Å²) in [5, 5.41) is 10.5. The van der Waals surface area contributed by atoms with E-state index in [0.29, 0.717) is 31.8 Å². The molecule has 176 valence electrons. The largest absolute Gasteiger partial charge is 0.374 e. The zero-order valence-corrected chi connectivity index (χ0v) is 18.6. The summed E-state index contributed by atoms with van der Waals surface area (Å²) in [6.07, 6.45) is 4.10. The molecule has 5 rings (SSSR count). The lowest BCUT2D eigenvalue weighted by Gasteiger charge is -2.34. The molecule has 8 nitrogen and oxygen atoms in total. The Kier molecular flexibility index (Phi) is 6.37. The summed E-state index contributed by atoms with van der Waals surface area (Å²) in [5.41, 5.74) is 2.59. The first kappa shape index (κ1) is 22.2. The van der Waals surface area contributed by atoms with E-state index in [2.05, 4.69) is 15.7 Å². The Bertz CT molecular complexity index is 1170. The van der Waals surface area contributed by atoms with Gasteiger partial charge in [0, 0.05) is 30.9 Å². The Balaban J connectivity index is 1.14. The van der Waals surface area contributed by atoms with Crippen LogP contribution in [0.15, 0.2) is 67.0 Å². The number of ether oxygens (including phenoxy) is 1. The summed E-state index contributed by atoms with van der Waals surface area (Å²) in [4.78, 5) is 27.3. The number of amides is 2. The second-order valence-corrected chi connectivity index (χ2v) is 8.65. The number of nitrogens with one attached hydrogen (secondary N) is 2. The van der Waals surface area contributed by atoms with Gasteiger partial charge in [0.05, 0.1) is 25.1 Å². The minimum Gasteiger partial charge on any atom is -0.374 e. The first-order chi connectivity index (χ1) is 16.6. The van der Waals surface area contributed by atoms with Crippen molar-refractivity contribution >= 4 is 11.8 Å². The first-order valence-corrected chi connectivity index (χ1v) is 11.3. The number of halogens is 1. The molecule has 0 unspecified atom stereocenters. The predicted octanol–water partition coefficient (Wildman–Crippen LogP) is 1.79. The van der Waals surface area contributed by atoms with Crippen molar-refractivity contribution in [1.82, 2.24) is 25.3 Å². The molecule has 2 saturated heterocycles. The van der Waals surface area contributed by atoms with Crippen molar-refractivity contribution in [2.24, 2.45) is 0 Å². The van der Waals surface area contributed by atoms with Crippen LogP contribution in [0.3, 0.4) is 0 Å². The molecule has 2 aliphatic heterocycles. The van der Waals surface area contributed by atoms with Gasteiger partial charge in [-0.3, -0.25) is 9.59 Å². The number of benzene rings is 2. The maximum atomic E-state index is 13.5. The molecule has 2 fully saturated rings. The van der Waals surface area contributed by atoms with Gasteiger partial charge in [0.25, 0.3) is 0 Å². The molecule has 0 radical (unpaired) electrons. The third-order valence-corrected chi connectivity index (χ3v) is 6.20. The summed E-state index contributed by atoms with van der Waals surface area (Å²) in [6.45, 7) is 1.52. The van der Waals surface area contributed by atoms with Crippen LogP contribution in [0.25, 0.3) is 5.69 Å². The van der Waals surface area contributed by atoms with Crippen LogP contribution in [0.2, 0.25) is 0 Å². The second kappa shape index (κ2) is 9.74. The SMILES string of the molecule is O=C1N[C@@H](COCc2ccccc2)C(=O)N2C[C@@H](NCc3cnn(-c4cccc(F)c4)c3)C[C@@H]12. The van der Waals surface area contributed by atoms with Crippen molar-refractivity contribution in [2.45, 2.75) is 37.7 Å². The average molecular weight is 464 g/mol. The highest BCUT2D eigenvalue weighted by molar-refractivity contribution is 5.97. The molecule has 34 heavy (non-hydrogen) atoms. The quantitative estimate of drug-likeness (QED) is 0.532. The minimum atomic E-state index is -0.671. The fraction of sp³-hybridized carbons (Fsp3) is 0.320. The molecule has 3 aromatic rings. The van der Waals surface area contributed by atoms with Gasteiger partial charge < -0.3 is 20.3 Å². The Morgan fingerprint density at radius 1 is 1.12 bits per heavy atom. The highest BCUT2D eigenvalue weighted by Gasteiger charge is 2.46. The molecule has 0 saturated carbocycles. The fourth-order valence-electron chi connectivity index (χ4n) is 4.46. The molecule has 9 heteroatoms. The Hall–Kier alpha value is -3.56. The molecule has 0 bridgehead atoms. The average Bonchev–Trinajstić information content (AvgIpc) is 3.49. The molecule has 2 N–H and O–H groups in total. The van der Waals surface area contributed by atoms with Crippen molar-refractivity contribution in [3.8, 4) is 5.69 Å². The van der Waals surface area contributed by atoms with Gasteiger partial charge in [-0.1, -0.05) is 36.4 Å². The Morgan fingerprint density at radius 3 is 2.79 bits per heavy atom. The molecule has 1 aromatic heterocycles. The molecule has 2 amide bonds. The van der Waals surface area contributed by atoms with Gasteiger partial charge in [0.2, 0.25) is 11.8 Å². The minimum absolute atomic E-state index is 0.0128. The summed E-state index contributed by atoms with van der Waals surface area (Å²) in [7, 11) is 0. The zero-order chi connectivity index (χ0) is 23.5. The molecule has 2 aliphatic rings. The number of piperazine rings is 1. The van der Waals surface area contributed by atoms with E-state index in [1.807, 2.05) is 36.5 Å². The third-order valence-electron chi connectivity index (χ3n) is 6.20. The number of nitrogens with zero attached hydrogens (tertiary/aromatic N) is 3. The van der Waals surface area contributed by atoms with Crippen LogP contribution in [-0.2, 0) is 27.5 Å². The maximum Gasteiger partial charge on any atom is 0.248 e. The number of rotatable bonds is 8. The molecular formula is C25H26FN5O3. The van der Waals surface area contributed by atoms with E-state index >= 15 is 0 Å². The highest BCUT2D eigenvalue weighted by Crippen LogP contribution is 2.23. The van der Waals surface area contributed by atoms with Crippen LogP contribution in [0.1, 0.15) is 17.5 Å². The lowest BCUT2D eigenvalue weighted by atomic mass is 10.1. The molecule has 0 spiro atoms. The number of hydrogen-bond donors (Lipinski definition) is 2. The van der Waals surface area contributed by atoms with Gasteiger partial charge in [0.15, 0.2) is 0 Å². The second-order valence-electron chi connectivity index (χ2n) is 8.65. The van der Waals surface area contributed by atoms with Crippen molar-refractivity contribution in [3.63, 3.8) is 0 Å². The van der Waals surface area contributed by atoms with E-state index in [4.69, 9.17) is 4.74 Å². The van der Waals surface area contributed by atoms with Gasteiger partial charge >= 0.3 is 0 Å². The molecule has 0 aliphatic carbocycles. The van der Waals surface area contributed by atoms with Crippen LogP contribution < -0.4 is 10.6 Å². The van der Waals surface area contributed by atoms with Crippen LogP contribution in [-0.4, -0.2) is 57.8 Å². The number of carbonyl (C=O) groups excluding carboxylic acids is 2. The smallest absolute Gasteiger partial charge is 0.248 e. The zero-order valence-electron chi connectivity index (χ0n) is 18.6. The van der Waals surface area contributed by atoms with E-state index < -0.39 is 12.1 Å². The van der Waals surface area contributed by atoms with E-state index in [1.165, 1.54) is 12.1 Å². The number of carbonyl (C=O) groups is 2. The monoisotopic (exact) mass is 463 g/mol. The summed E-state index contributed by atoms with van der Waals surface area (Å²) in [5.74, 6) is -0.570. The number of fused-ring (bicyclic) bond motifs is 1. The number of hydrogen-bond acceptors (Lipinski definition) is 5. The first-order valence-electron chi connectivity index (χ1n) is 11.3. The van der Waals surface area contributed by atoms with Gasteiger partial charge in [-0.25, -0.2) is 9.07 Å². The fourth-order valence-corrected chi connectivity index (χ4v) is 4.46. The molecule has 3 atom stereocenters. The maximum absolute atomic E-state index is 13.5. The molecular weight excluding hydrogens is 437 g/mol. The lowest BCUT2D eigenvalue weighted by Crippen LogP contribution is -2.62. The van der Waals surface area contributed by atoms with Gasteiger partial charge in [0.1, 0.15) is 17.9 Å². The van der Waals surface area contributed by atoms with Crippen LogP contribution in [0, 0.1) is 5.82 Å². The topological polar surface area (TPSA) is 88.5 Å². The van der Waals surface area contributed by atoms with Crippen molar-refractivity contribution < 1.29 is 18.7 Å². The number of aromatic nitrogens is 2. The normalized spacial score (nSPS) is 22.0. The highest BCUT2D eigenvalue weighted by atomic mass is 19.1. The van der Waals surface area contributed by atoms with Gasteiger partial charge in [-0.2, -0.15) is 5.10 Å². The predicted molar refractivity (Wildman–Crippen MR) is 122 cm³/mol. The molecule has 3 heterocycles. The molecule has 2 aromatic carbocycles. The van der Waals surface area contributed by atoms with Crippen LogP contribution in [0.4, 0.5) is 4.39 Å². The van der Waals surface area contributed by atoms with Crippen molar-refractivity contribution in [3.05, 3.63) is 83.9 Å². The van der Waals surface area contributed by atoms with E-state index in [-0.39, 0.29) is 30.3 Å². The van der Waals surface area contributed by atoms with Gasteiger partial charge in [-0.15, -0.1) is 0 Å². The van der Waals surface area contributed by atoms with Crippen LogP contribution in [0.5, 0.6) is 0 Å². The van der Waals surface area contributed by atoms with Gasteiger partial charge in [-0.05, 0) is 30.2 Å². The van der Waals surface area contributed by atoms with E-state index in [0.717, 1.165) is 11.1 Å². The standard InChI is InChI=1S/C25H26FN5O3/c26-19-7-4-8-21(9-19)31-13-18(12-28-31)11-27-20-10-23-24(32)29-22(25(33)30(23)14-20)16-34-15-17-5-2-1-3-6-17/h1-9,12-13,20,22-23,27H,10-11,14-16H2,(H,29,32)/t20-,22-,23-/m0/s1. The Labute approximate surface area is 196 Å². The van der Waals surface area contributed by atoms with Crippen molar-refractivity contribution in [2.75, 3.05) is 13.2 Å². The van der Waals surface area contributed by atoms with Crippen molar-refractivity contribution in [1.29, 1.82) is 0 Å².